The van der Waals surface area contributed by atoms with Gasteiger partial charge in [-0.15, -0.1) is 11.3 Å². The Morgan fingerprint density at radius 1 is 0.936 bits per heavy atom. The number of thiophene rings is 1. The van der Waals surface area contributed by atoms with Crippen molar-refractivity contribution in [2.75, 3.05) is 44.2 Å². The molecule has 0 aliphatic carbocycles. The summed E-state index contributed by atoms with van der Waals surface area (Å²) in [5.74, 6) is -0.399. The molecule has 0 saturated carbocycles. The Morgan fingerprint density at radius 2 is 1.62 bits per heavy atom. The summed E-state index contributed by atoms with van der Waals surface area (Å²) in [6.45, 7) is 12.1. The Morgan fingerprint density at radius 3 is 2.30 bits per heavy atom. The zero-order chi connectivity index (χ0) is 33.8. The van der Waals surface area contributed by atoms with Crippen LogP contribution in [0.15, 0.2) is 77.7 Å². The molecule has 3 aromatic carbocycles. The predicted molar refractivity (Wildman–Crippen MR) is 187 cm³/mol. The van der Waals surface area contributed by atoms with E-state index in [0.717, 1.165) is 26.9 Å². The van der Waals surface area contributed by atoms with E-state index >= 15 is 0 Å². The molecule has 1 aliphatic heterocycles. The molecule has 47 heavy (non-hydrogen) atoms. The van der Waals surface area contributed by atoms with E-state index in [2.05, 4.69) is 4.90 Å². The fourth-order valence-electron chi connectivity index (χ4n) is 5.68. The molecule has 1 amide bonds. The van der Waals surface area contributed by atoms with Crippen LogP contribution >= 0.6 is 11.3 Å². The molecule has 11 heteroatoms. The minimum absolute atomic E-state index is 0.173. The van der Waals surface area contributed by atoms with Crippen LogP contribution in [-0.4, -0.2) is 74.6 Å². The van der Waals surface area contributed by atoms with Crippen molar-refractivity contribution in [1.82, 2.24) is 9.21 Å². The third-order valence-corrected chi connectivity index (χ3v) is 11.2. The van der Waals surface area contributed by atoms with E-state index in [-0.39, 0.29) is 30.7 Å². The molecule has 4 aromatic rings. The zero-order valence-electron chi connectivity index (χ0n) is 27.7. The maximum absolute atomic E-state index is 14.4. The minimum atomic E-state index is -3.95. The fraction of sp³-hybridized carbons (Fsp3) is 0.389. The zero-order valence-corrected chi connectivity index (χ0v) is 29.3. The Bertz CT molecular complexity index is 1820. The van der Waals surface area contributed by atoms with Gasteiger partial charge < -0.3 is 19.3 Å². The molecule has 0 spiro atoms. The van der Waals surface area contributed by atoms with E-state index in [1.165, 1.54) is 11.3 Å². The topological polar surface area (TPSA) is 96.5 Å². The van der Waals surface area contributed by atoms with E-state index < -0.39 is 21.6 Å². The van der Waals surface area contributed by atoms with Gasteiger partial charge in [-0.25, -0.2) is 18.0 Å². The lowest BCUT2D eigenvalue weighted by atomic mass is 10.1. The molecular formula is C36H43N3O6S2. The van der Waals surface area contributed by atoms with Crippen LogP contribution in [0.1, 0.15) is 54.1 Å². The monoisotopic (exact) mass is 677 g/mol. The first kappa shape index (κ1) is 34.4. The second kappa shape index (κ2) is 14.5. The van der Waals surface area contributed by atoms with Crippen molar-refractivity contribution in [1.29, 1.82) is 0 Å². The molecule has 0 bridgehead atoms. The maximum atomic E-state index is 14.4. The lowest BCUT2D eigenvalue weighted by Crippen LogP contribution is -2.50. The van der Waals surface area contributed by atoms with E-state index in [0.29, 0.717) is 43.0 Å². The van der Waals surface area contributed by atoms with Gasteiger partial charge in [0.05, 0.1) is 11.5 Å². The number of hydrogen-bond donors (Lipinski definition) is 0. The highest BCUT2D eigenvalue weighted by atomic mass is 32.2. The minimum Gasteiger partial charge on any atom is -0.462 e. The number of benzene rings is 3. The summed E-state index contributed by atoms with van der Waals surface area (Å²) in [6, 6.07) is 22.8. The van der Waals surface area contributed by atoms with Crippen LogP contribution in [0.5, 0.6) is 0 Å². The number of ether oxygens (including phenoxy) is 2. The molecule has 250 valence electrons. The normalized spacial score (nSPS) is 14.1. The first-order chi connectivity index (χ1) is 22.4. The lowest BCUT2D eigenvalue weighted by molar-refractivity contribution is 0.0240. The number of piperazine rings is 1. The van der Waals surface area contributed by atoms with Gasteiger partial charge in [-0.2, -0.15) is 4.31 Å². The van der Waals surface area contributed by atoms with Crippen molar-refractivity contribution in [3.8, 4) is 0 Å². The molecule has 1 aromatic heterocycles. The van der Waals surface area contributed by atoms with Crippen LogP contribution in [0.2, 0.25) is 0 Å². The fourth-order valence-corrected chi connectivity index (χ4v) is 8.21. The first-order valence-corrected chi connectivity index (χ1v) is 18.2. The van der Waals surface area contributed by atoms with E-state index in [9.17, 15) is 18.0 Å². The Hall–Kier alpha value is -3.93. The van der Waals surface area contributed by atoms with E-state index in [1.54, 1.807) is 34.3 Å². The number of esters is 1. The summed E-state index contributed by atoms with van der Waals surface area (Å²) < 4.78 is 42.1. The molecule has 0 radical (unpaired) electrons. The van der Waals surface area contributed by atoms with Gasteiger partial charge in [0.2, 0.25) is 10.0 Å². The third-order valence-electron chi connectivity index (χ3n) is 8.11. The number of hydrogen-bond acceptors (Lipinski definition) is 8. The summed E-state index contributed by atoms with van der Waals surface area (Å²) in [4.78, 5) is 29.8. The number of rotatable bonds is 10. The van der Waals surface area contributed by atoms with Crippen molar-refractivity contribution in [2.24, 2.45) is 0 Å². The van der Waals surface area contributed by atoms with E-state index in [1.807, 2.05) is 82.3 Å². The number of carbonyl (C=O) groups excluding carboxylic acids is 2. The van der Waals surface area contributed by atoms with Crippen molar-refractivity contribution in [3.63, 3.8) is 0 Å². The van der Waals surface area contributed by atoms with Crippen LogP contribution in [-0.2, 0) is 32.5 Å². The lowest BCUT2D eigenvalue weighted by Gasteiger charge is -2.38. The third kappa shape index (κ3) is 8.14. The molecule has 0 atom stereocenters. The number of carbonyl (C=O) groups is 2. The number of amides is 1. The summed E-state index contributed by atoms with van der Waals surface area (Å²) in [6.07, 6.45) is 0.222. The van der Waals surface area contributed by atoms with Gasteiger partial charge in [-0.05, 0) is 87.4 Å². The number of fused-ring (bicyclic) bond motifs is 1. The standard InChI is InChI=1S/C36H43N3O6S2/c1-6-44-34(40)33-26(2)30-24-29(16-17-32(30)46-33)47(42,43)39(19-18-27-12-8-7-9-13-27)25-28-14-10-11-15-31(28)37-20-22-38(23-21-37)35(41)45-36(3,4)5/h7-17,24H,6,18-23,25H2,1-5H3. The van der Waals surface area contributed by atoms with Crippen molar-refractivity contribution in [2.45, 2.75) is 58.1 Å². The van der Waals surface area contributed by atoms with Crippen LogP contribution in [0.4, 0.5) is 10.5 Å². The number of nitrogens with zero attached hydrogens (tertiary/aromatic N) is 3. The van der Waals surface area contributed by atoms with Crippen molar-refractivity contribution >= 4 is 49.2 Å². The van der Waals surface area contributed by atoms with Gasteiger partial charge in [-0.3, -0.25) is 0 Å². The van der Waals surface area contributed by atoms with Gasteiger partial charge in [0.1, 0.15) is 10.5 Å². The highest BCUT2D eigenvalue weighted by Crippen LogP contribution is 2.34. The van der Waals surface area contributed by atoms with Gasteiger partial charge >= 0.3 is 12.1 Å². The Kier molecular flexibility index (Phi) is 10.6. The van der Waals surface area contributed by atoms with Crippen molar-refractivity contribution in [3.05, 3.63) is 94.4 Å². The van der Waals surface area contributed by atoms with Gasteiger partial charge in [-0.1, -0.05) is 48.5 Å². The molecule has 0 unspecified atom stereocenters. The average Bonchev–Trinajstić information content (AvgIpc) is 3.38. The number of sulfonamides is 1. The molecule has 1 aliphatic rings. The number of anilines is 1. The number of aryl methyl sites for hydroxylation is 1. The maximum Gasteiger partial charge on any atom is 0.410 e. The van der Waals surface area contributed by atoms with Gasteiger partial charge in [0.15, 0.2) is 0 Å². The van der Waals surface area contributed by atoms with Crippen LogP contribution in [0, 0.1) is 6.92 Å². The summed E-state index contributed by atoms with van der Waals surface area (Å²) in [5.41, 5.74) is 3.02. The van der Waals surface area contributed by atoms with E-state index in [4.69, 9.17) is 9.47 Å². The largest absolute Gasteiger partial charge is 0.462 e. The average molecular weight is 678 g/mol. The van der Waals surface area contributed by atoms with Gasteiger partial charge in [0, 0.05) is 49.7 Å². The predicted octanol–water partition coefficient (Wildman–Crippen LogP) is 6.88. The molecule has 2 heterocycles. The van der Waals surface area contributed by atoms with Crippen LogP contribution < -0.4 is 4.90 Å². The quantitative estimate of drug-likeness (QED) is 0.169. The summed E-state index contributed by atoms with van der Waals surface area (Å²) in [7, 11) is -3.95. The summed E-state index contributed by atoms with van der Waals surface area (Å²) >= 11 is 1.31. The molecule has 1 saturated heterocycles. The highest BCUT2D eigenvalue weighted by molar-refractivity contribution is 7.89. The molecule has 1 fully saturated rings. The summed E-state index contributed by atoms with van der Waals surface area (Å²) in [5, 5.41) is 0.727. The van der Waals surface area contributed by atoms with Crippen LogP contribution in [0.25, 0.3) is 10.1 Å². The van der Waals surface area contributed by atoms with Crippen LogP contribution in [0.3, 0.4) is 0 Å². The second-order valence-electron chi connectivity index (χ2n) is 12.6. The molecule has 9 nitrogen and oxygen atoms in total. The second-order valence-corrected chi connectivity index (χ2v) is 15.6. The molecule has 0 N–H and O–H groups in total. The SMILES string of the molecule is CCOC(=O)c1sc2ccc(S(=O)(=O)N(CCc3ccccc3)Cc3ccccc3N3CCN(C(=O)OC(C)(C)C)CC3)cc2c1C. The Labute approximate surface area is 281 Å². The molecule has 5 rings (SSSR count). The Balaban J connectivity index is 1.43. The van der Waals surface area contributed by atoms with Crippen molar-refractivity contribution < 1.29 is 27.5 Å². The smallest absolute Gasteiger partial charge is 0.410 e. The first-order valence-electron chi connectivity index (χ1n) is 15.9. The highest BCUT2D eigenvalue weighted by Gasteiger charge is 2.30. The molecular weight excluding hydrogens is 635 g/mol. The van der Waals surface area contributed by atoms with Gasteiger partial charge in [0.25, 0.3) is 0 Å². The number of para-hydroxylation sites is 1.